The fourth-order valence-corrected chi connectivity index (χ4v) is 2.81. The molecule has 1 heterocycles. The van der Waals surface area contributed by atoms with E-state index in [4.69, 9.17) is 0 Å². The van der Waals surface area contributed by atoms with Gasteiger partial charge in [0.05, 0.1) is 6.10 Å². The maximum absolute atomic E-state index is 12.5. The van der Waals surface area contributed by atoms with Gasteiger partial charge in [0.25, 0.3) is 5.91 Å². The van der Waals surface area contributed by atoms with E-state index in [-0.39, 0.29) is 12.0 Å². The van der Waals surface area contributed by atoms with Crippen molar-refractivity contribution in [2.75, 3.05) is 46.8 Å². The number of rotatable bonds is 5. The summed E-state index contributed by atoms with van der Waals surface area (Å²) >= 11 is 0. The molecule has 2 rings (SSSR count). The number of carbonyl (C=O) groups is 1. The summed E-state index contributed by atoms with van der Waals surface area (Å²) in [5.74, 6) is 0.105. The van der Waals surface area contributed by atoms with E-state index in [0.717, 1.165) is 38.3 Å². The van der Waals surface area contributed by atoms with Crippen LogP contribution in [0.4, 0.5) is 0 Å². The molecule has 0 bridgehead atoms. The highest BCUT2D eigenvalue weighted by atomic mass is 16.3. The number of amides is 1. The molecular formula is C17H27N3O2. The first kappa shape index (κ1) is 16.9. The van der Waals surface area contributed by atoms with Gasteiger partial charge >= 0.3 is 0 Å². The Labute approximate surface area is 133 Å². The van der Waals surface area contributed by atoms with Gasteiger partial charge in [-0.25, -0.2) is 0 Å². The van der Waals surface area contributed by atoms with Crippen molar-refractivity contribution < 1.29 is 9.90 Å². The highest BCUT2D eigenvalue weighted by molar-refractivity contribution is 5.94. The molecule has 1 aromatic rings. The Morgan fingerprint density at radius 3 is 2.27 bits per heavy atom. The second-order valence-electron chi connectivity index (χ2n) is 6.38. The van der Waals surface area contributed by atoms with Crippen LogP contribution in [-0.2, 0) is 6.54 Å². The van der Waals surface area contributed by atoms with Gasteiger partial charge < -0.3 is 14.9 Å². The first-order valence-corrected chi connectivity index (χ1v) is 7.89. The minimum Gasteiger partial charge on any atom is -0.392 e. The third-order valence-electron chi connectivity index (χ3n) is 3.88. The van der Waals surface area contributed by atoms with Crippen LogP contribution in [0.25, 0.3) is 0 Å². The number of hydrogen-bond acceptors (Lipinski definition) is 4. The molecular weight excluding hydrogens is 278 g/mol. The number of β-amino-alcohol motifs (C(OH)–C–C–N with tert-alkyl or cyclic N) is 1. The van der Waals surface area contributed by atoms with Gasteiger partial charge in [-0.1, -0.05) is 12.1 Å². The number of carbonyl (C=O) groups excluding carboxylic acids is 1. The van der Waals surface area contributed by atoms with Gasteiger partial charge in [0.1, 0.15) is 0 Å². The minimum absolute atomic E-state index is 0.105. The summed E-state index contributed by atoms with van der Waals surface area (Å²) in [7, 11) is 4.07. The van der Waals surface area contributed by atoms with Crippen LogP contribution >= 0.6 is 0 Å². The van der Waals surface area contributed by atoms with E-state index < -0.39 is 0 Å². The van der Waals surface area contributed by atoms with E-state index in [1.54, 1.807) is 6.92 Å². The van der Waals surface area contributed by atoms with E-state index in [0.29, 0.717) is 6.54 Å². The summed E-state index contributed by atoms with van der Waals surface area (Å²) in [6.07, 6.45) is -0.313. The molecule has 0 radical (unpaired) electrons. The first-order valence-electron chi connectivity index (χ1n) is 7.89. The van der Waals surface area contributed by atoms with Crippen LogP contribution in [0.2, 0.25) is 0 Å². The molecule has 0 aliphatic carbocycles. The largest absolute Gasteiger partial charge is 0.392 e. The van der Waals surface area contributed by atoms with Gasteiger partial charge in [-0.2, -0.15) is 0 Å². The van der Waals surface area contributed by atoms with Gasteiger partial charge in [0.15, 0.2) is 0 Å². The third kappa shape index (κ3) is 4.80. The lowest BCUT2D eigenvalue weighted by atomic mass is 10.1. The monoisotopic (exact) mass is 305 g/mol. The normalized spacial score (nSPS) is 17.8. The first-order chi connectivity index (χ1) is 10.5. The van der Waals surface area contributed by atoms with Gasteiger partial charge in [-0.3, -0.25) is 9.69 Å². The average Bonchev–Trinajstić information content (AvgIpc) is 2.47. The SMILES string of the molecule is C[C@@H](O)CN1CCN(C(=O)c2ccc(CN(C)C)cc2)CC1. The Morgan fingerprint density at radius 2 is 1.77 bits per heavy atom. The average molecular weight is 305 g/mol. The highest BCUT2D eigenvalue weighted by Crippen LogP contribution is 2.11. The number of benzene rings is 1. The molecule has 0 spiro atoms. The number of nitrogens with zero attached hydrogens (tertiary/aromatic N) is 3. The lowest BCUT2D eigenvalue weighted by Gasteiger charge is -2.35. The van der Waals surface area contributed by atoms with Crippen LogP contribution in [0, 0.1) is 0 Å². The molecule has 0 unspecified atom stereocenters. The third-order valence-corrected chi connectivity index (χ3v) is 3.88. The Hall–Kier alpha value is -1.43. The summed E-state index contributed by atoms with van der Waals surface area (Å²) in [4.78, 5) is 18.7. The quantitative estimate of drug-likeness (QED) is 0.877. The van der Waals surface area contributed by atoms with Crippen molar-refractivity contribution in [3.05, 3.63) is 35.4 Å². The molecule has 0 saturated carbocycles. The van der Waals surface area contributed by atoms with Crippen molar-refractivity contribution in [1.82, 2.24) is 14.7 Å². The van der Waals surface area contributed by atoms with E-state index in [2.05, 4.69) is 9.80 Å². The Balaban J connectivity index is 1.89. The Bertz CT molecular complexity index is 477. The topological polar surface area (TPSA) is 47.0 Å². The summed E-state index contributed by atoms with van der Waals surface area (Å²) in [6, 6.07) is 7.89. The van der Waals surface area contributed by atoms with Crippen LogP contribution in [0.15, 0.2) is 24.3 Å². The maximum atomic E-state index is 12.5. The molecule has 1 amide bonds. The van der Waals surface area contributed by atoms with Gasteiger partial charge in [0, 0.05) is 44.8 Å². The minimum atomic E-state index is -0.313. The van der Waals surface area contributed by atoms with Crippen LogP contribution in [0.1, 0.15) is 22.8 Å². The lowest BCUT2D eigenvalue weighted by Crippen LogP contribution is -2.50. The number of aliphatic hydroxyl groups is 1. The van der Waals surface area contributed by atoms with Gasteiger partial charge in [-0.15, -0.1) is 0 Å². The van der Waals surface area contributed by atoms with Crippen molar-refractivity contribution in [2.45, 2.75) is 19.6 Å². The zero-order valence-electron chi connectivity index (χ0n) is 13.8. The second-order valence-corrected chi connectivity index (χ2v) is 6.38. The number of aliphatic hydroxyl groups excluding tert-OH is 1. The molecule has 0 aromatic heterocycles. The van der Waals surface area contributed by atoms with E-state index in [9.17, 15) is 9.90 Å². The molecule has 1 fully saturated rings. The molecule has 1 aliphatic rings. The standard InChI is InChI=1S/C17H27N3O2/c1-14(21)12-19-8-10-20(11-9-19)17(22)16-6-4-15(5-7-16)13-18(2)3/h4-7,14,21H,8-13H2,1-3H3/t14-/m1/s1. The molecule has 5 heteroatoms. The Morgan fingerprint density at radius 1 is 1.18 bits per heavy atom. The van der Waals surface area contributed by atoms with Crippen LogP contribution < -0.4 is 0 Å². The van der Waals surface area contributed by atoms with Crippen molar-refractivity contribution in [1.29, 1.82) is 0 Å². The maximum Gasteiger partial charge on any atom is 0.253 e. The van der Waals surface area contributed by atoms with E-state index in [1.807, 2.05) is 43.3 Å². The van der Waals surface area contributed by atoms with E-state index in [1.165, 1.54) is 5.56 Å². The van der Waals surface area contributed by atoms with Crippen LogP contribution in [-0.4, -0.2) is 78.6 Å². The molecule has 122 valence electrons. The summed E-state index contributed by atoms with van der Waals surface area (Å²) in [5, 5.41) is 9.42. The fraction of sp³-hybridized carbons (Fsp3) is 0.588. The van der Waals surface area contributed by atoms with Crippen molar-refractivity contribution >= 4 is 5.91 Å². The fourth-order valence-electron chi connectivity index (χ4n) is 2.81. The number of hydrogen-bond donors (Lipinski definition) is 1. The van der Waals surface area contributed by atoms with Gasteiger partial charge in [0.2, 0.25) is 0 Å². The zero-order chi connectivity index (χ0) is 16.1. The molecule has 5 nitrogen and oxygen atoms in total. The molecule has 1 N–H and O–H groups in total. The zero-order valence-corrected chi connectivity index (χ0v) is 13.8. The predicted molar refractivity (Wildman–Crippen MR) is 87.9 cm³/mol. The molecule has 1 saturated heterocycles. The number of piperazine rings is 1. The molecule has 1 aromatic carbocycles. The van der Waals surface area contributed by atoms with Crippen LogP contribution in [0.5, 0.6) is 0 Å². The van der Waals surface area contributed by atoms with Crippen molar-refractivity contribution in [2.24, 2.45) is 0 Å². The summed E-state index contributed by atoms with van der Waals surface area (Å²) < 4.78 is 0. The van der Waals surface area contributed by atoms with Crippen molar-refractivity contribution in [3.63, 3.8) is 0 Å². The van der Waals surface area contributed by atoms with Crippen LogP contribution in [0.3, 0.4) is 0 Å². The molecule has 1 atom stereocenters. The molecule has 1 aliphatic heterocycles. The van der Waals surface area contributed by atoms with Gasteiger partial charge in [-0.05, 0) is 38.7 Å². The van der Waals surface area contributed by atoms with Crippen molar-refractivity contribution in [3.8, 4) is 0 Å². The van der Waals surface area contributed by atoms with E-state index >= 15 is 0 Å². The summed E-state index contributed by atoms with van der Waals surface area (Å²) in [5.41, 5.74) is 1.97. The summed E-state index contributed by atoms with van der Waals surface area (Å²) in [6.45, 7) is 6.47. The lowest BCUT2D eigenvalue weighted by molar-refractivity contribution is 0.0554. The smallest absolute Gasteiger partial charge is 0.253 e. The Kier molecular flexibility index (Phi) is 5.94. The molecule has 22 heavy (non-hydrogen) atoms. The predicted octanol–water partition coefficient (Wildman–Crippen LogP) is 0.887. The second kappa shape index (κ2) is 7.72. The highest BCUT2D eigenvalue weighted by Gasteiger charge is 2.22.